The van der Waals surface area contributed by atoms with E-state index < -0.39 is 0 Å². The summed E-state index contributed by atoms with van der Waals surface area (Å²) in [7, 11) is 0. The van der Waals surface area contributed by atoms with Gasteiger partial charge < -0.3 is 4.90 Å². The van der Waals surface area contributed by atoms with Crippen LogP contribution in [0, 0.1) is 5.92 Å². The second kappa shape index (κ2) is 4.73. The van der Waals surface area contributed by atoms with Crippen LogP contribution in [0.3, 0.4) is 0 Å². The summed E-state index contributed by atoms with van der Waals surface area (Å²) in [5.41, 5.74) is 0.510. The summed E-state index contributed by atoms with van der Waals surface area (Å²) in [4.78, 5) is 28.6. The number of amides is 3. The van der Waals surface area contributed by atoms with Crippen molar-refractivity contribution in [2.45, 2.75) is 44.2 Å². The van der Waals surface area contributed by atoms with Gasteiger partial charge >= 0.3 is 6.03 Å². The first-order valence-electron chi connectivity index (χ1n) is 7.59. The third kappa shape index (κ3) is 1.81. The van der Waals surface area contributed by atoms with Crippen LogP contribution in [0.5, 0.6) is 0 Å². The molecular formula is C16H17ClN2O2. The molecule has 1 aromatic rings. The van der Waals surface area contributed by atoms with Crippen LogP contribution < -0.4 is 4.90 Å². The van der Waals surface area contributed by atoms with E-state index in [1.165, 1.54) is 11.3 Å². The van der Waals surface area contributed by atoms with Crippen molar-refractivity contribution in [3.63, 3.8) is 0 Å². The van der Waals surface area contributed by atoms with Crippen LogP contribution in [0.15, 0.2) is 24.3 Å². The van der Waals surface area contributed by atoms with Gasteiger partial charge in [-0.1, -0.05) is 36.6 Å². The summed E-state index contributed by atoms with van der Waals surface area (Å²) >= 11 is 6.16. The second-order valence-electron chi connectivity index (χ2n) is 6.18. The monoisotopic (exact) mass is 304 g/mol. The molecule has 5 heteroatoms. The number of hydrogen-bond donors (Lipinski definition) is 0. The average Bonchev–Trinajstić information content (AvgIpc) is 2.98. The molecule has 3 atom stereocenters. The molecule has 1 aliphatic carbocycles. The Kier molecular flexibility index (Phi) is 2.96. The fraction of sp³-hybridized carbons (Fsp3) is 0.500. The molecule has 2 saturated heterocycles. The number of fused-ring (bicyclic) bond motifs is 3. The van der Waals surface area contributed by atoms with Crippen LogP contribution in [0.4, 0.5) is 10.5 Å². The topological polar surface area (TPSA) is 40.6 Å². The number of nitrogens with zero attached hydrogens (tertiary/aromatic N) is 2. The number of imide groups is 1. The van der Waals surface area contributed by atoms with E-state index in [-0.39, 0.29) is 24.0 Å². The van der Waals surface area contributed by atoms with Crippen LogP contribution in [0.2, 0.25) is 5.02 Å². The maximum absolute atomic E-state index is 12.8. The molecule has 0 N–H and O–H groups in total. The predicted octanol–water partition coefficient (Wildman–Crippen LogP) is 3.44. The molecule has 1 aromatic carbocycles. The van der Waals surface area contributed by atoms with Crippen molar-refractivity contribution in [1.82, 2.24) is 4.90 Å². The zero-order valence-electron chi connectivity index (χ0n) is 11.7. The van der Waals surface area contributed by atoms with E-state index in [0.717, 1.165) is 25.7 Å². The van der Waals surface area contributed by atoms with Crippen molar-refractivity contribution in [2.75, 3.05) is 4.90 Å². The Hall–Kier alpha value is -1.55. The van der Waals surface area contributed by atoms with E-state index in [1.54, 1.807) is 24.3 Å². The Morgan fingerprint density at radius 1 is 1.10 bits per heavy atom. The molecule has 3 aliphatic rings. The zero-order chi connectivity index (χ0) is 14.6. The smallest absolute Gasteiger partial charge is 0.309 e. The van der Waals surface area contributed by atoms with Gasteiger partial charge in [-0.15, -0.1) is 0 Å². The molecule has 21 heavy (non-hydrogen) atoms. The number of carbonyl (C=O) groups is 2. The van der Waals surface area contributed by atoms with Gasteiger partial charge in [0.25, 0.3) is 5.91 Å². The van der Waals surface area contributed by atoms with Crippen molar-refractivity contribution in [1.29, 1.82) is 0 Å². The molecule has 1 saturated carbocycles. The van der Waals surface area contributed by atoms with Crippen LogP contribution in [-0.4, -0.2) is 28.9 Å². The van der Waals surface area contributed by atoms with Gasteiger partial charge in [0.15, 0.2) is 0 Å². The lowest BCUT2D eigenvalue weighted by Gasteiger charge is -2.31. The summed E-state index contributed by atoms with van der Waals surface area (Å²) < 4.78 is 0. The lowest BCUT2D eigenvalue weighted by Crippen LogP contribution is -2.41. The number of carbonyl (C=O) groups excluding carboxylic acids is 2. The number of urea groups is 1. The Morgan fingerprint density at radius 3 is 2.67 bits per heavy atom. The molecule has 3 unspecified atom stereocenters. The fourth-order valence-corrected chi connectivity index (χ4v) is 4.39. The van der Waals surface area contributed by atoms with Crippen molar-refractivity contribution in [3.05, 3.63) is 29.3 Å². The van der Waals surface area contributed by atoms with Crippen molar-refractivity contribution >= 4 is 29.2 Å². The Morgan fingerprint density at radius 2 is 1.86 bits per heavy atom. The summed E-state index contributed by atoms with van der Waals surface area (Å²) in [6, 6.07) is 6.83. The Balaban J connectivity index is 1.70. The van der Waals surface area contributed by atoms with E-state index in [9.17, 15) is 9.59 Å². The molecule has 2 heterocycles. The van der Waals surface area contributed by atoms with Crippen LogP contribution in [-0.2, 0) is 4.79 Å². The number of para-hydroxylation sites is 1. The Labute approximate surface area is 128 Å². The van der Waals surface area contributed by atoms with Gasteiger partial charge in [0, 0.05) is 6.04 Å². The van der Waals surface area contributed by atoms with E-state index in [0.29, 0.717) is 16.6 Å². The molecule has 0 spiro atoms. The van der Waals surface area contributed by atoms with Gasteiger partial charge in [-0.3, -0.25) is 4.79 Å². The van der Waals surface area contributed by atoms with Gasteiger partial charge in [-0.2, -0.15) is 0 Å². The number of rotatable bonds is 1. The van der Waals surface area contributed by atoms with Crippen LogP contribution >= 0.6 is 11.6 Å². The first kappa shape index (κ1) is 13.1. The highest BCUT2D eigenvalue weighted by Crippen LogP contribution is 2.45. The van der Waals surface area contributed by atoms with Gasteiger partial charge in [-0.25, -0.2) is 9.69 Å². The standard InChI is InChI=1S/C16H17ClN2O2/c17-11-6-2-4-8-13(11)19-15(20)14-9-10-5-1-3-7-12(10)18(14)16(19)21/h2,4,6,8,10,12,14H,1,3,5,7,9H2. The largest absolute Gasteiger partial charge is 0.332 e. The summed E-state index contributed by atoms with van der Waals surface area (Å²) in [6.07, 6.45) is 5.35. The highest BCUT2D eigenvalue weighted by molar-refractivity contribution is 6.36. The third-order valence-electron chi connectivity index (χ3n) is 5.10. The van der Waals surface area contributed by atoms with Crippen molar-refractivity contribution in [3.8, 4) is 0 Å². The molecule has 4 rings (SSSR count). The molecule has 4 nitrogen and oxygen atoms in total. The lowest BCUT2D eigenvalue weighted by molar-refractivity contribution is -0.119. The summed E-state index contributed by atoms with van der Waals surface area (Å²) in [5.74, 6) is 0.396. The molecule has 110 valence electrons. The molecular weight excluding hydrogens is 288 g/mol. The predicted molar refractivity (Wildman–Crippen MR) is 80.3 cm³/mol. The molecule has 0 aromatic heterocycles. The Bertz CT molecular complexity index is 618. The quantitative estimate of drug-likeness (QED) is 0.746. The number of hydrogen-bond acceptors (Lipinski definition) is 2. The van der Waals surface area contributed by atoms with Crippen LogP contribution in [0.1, 0.15) is 32.1 Å². The fourth-order valence-electron chi connectivity index (χ4n) is 4.17. The van der Waals surface area contributed by atoms with Gasteiger partial charge in [0.05, 0.1) is 10.7 Å². The molecule has 0 bridgehead atoms. The number of halogens is 1. The molecule has 0 radical (unpaired) electrons. The third-order valence-corrected chi connectivity index (χ3v) is 5.42. The minimum absolute atomic E-state index is 0.109. The van der Waals surface area contributed by atoms with Crippen molar-refractivity contribution < 1.29 is 9.59 Å². The van der Waals surface area contributed by atoms with Gasteiger partial charge in [-0.05, 0) is 37.3 Å². The first-order chi connectivity index (χ1) is 10.2. The highest BCUT2D eigenvalue weighted by atomic mass is 35.5. The van der Waals surface area contributed by atoms with E-state index in [2.05, 4.69) is 0 Å². The van der Waals surface area contributed by atoms with Gasteiger partial charge in [0.2, 0.25) is 0 Å². The van der Waals surface area contributed by atoms with E-state index >= 15 is 0 Å². The zero-order valence-corrected chi connectivity index (χ0v) is 12.4. The lowest BCUT2D eigenvalue weighted by atomic mass is 9.84. The van der Waals surface area contributed by atoms with Crippen LogP contribution in [0.25, 0.3) is 0 Å². The highest BCUT2D eigenvalue weighted by Gasteiger charge is 2.56. The maximum Gasteiger partial charge on any atom is 0.332 e. The van der Waals surface area contributed by atoms with Gasteiger partial charge in [0.1, 0.15) is 6.04 Å². The second-order valence-corrected chi connectivity index (χ2v) is 6.59. The summed E-state index contributed by atoms with van der Waals surface area (Å²) in [6.45, 7) is 0. The number of anilines is 1. The SMILES string of the molecule is O=C1C2CC3CCCCC3N2C(=O)N1c1ccccc1Cl. The van der Waals surface area contributed by atoms with E-state index in [1.807, 2.05) is 4.90 Å². The van der Waals surface area contributed by atoms with Crippen molar-refractivity contribution in [2.24, 2.45) is 5.92 Å². The minimum Gasteiger partial charge on any atom is -0.309 e. The molecule has 3 fully saturated rings. The maximum atomic E-state index is 12.8. The molecule has 3 amide bonds. The first-order valence-corrected chi connectivity index (χ1v) is 7.97. The molecule has 2 aliphatic heterocycles. The van der Waals surface area contributed by atoms with E-state index in [4.69, 9.17) is 11.6 Å². The minimum atomic E-state index is -0.276. The average molecular weight is 305 g/mol. The summed E-state index contributed by atoms with van der Waals surface area (Å²) in [5, 5.41) is 0.445. The normalized spacial score (nSPS) is 31.6. The number of benzene rings is 1.